The van der Waals surface area contributed by atoms with Gasteiger partial charge in [-0.2, -0.15) is 0 Å². The van der Waals surface area contributed by atoms with Gasteiger partial charge in [0.25, 0.3) is 0 Å². The van der Waals surface area contributed by atoms with E-state index in [9.17, 15) is 9.90 Å². The maximum Gasteiger partial charge on any atom is 0.439 e. The van der Waals surface area contributed by atoms with E-state index < -0.39 is 11.4 Å². The number of aromatic amines is 1. The molecule has 2 fully saturated rings. The molecule has 3 heterocycles. The second kappa shape index (κ2) is 9.13. The van der Waals surface area contributed by atoms with Crippen LogP contribution in [0.25, 0.3) is 22.8 Å². The Balaban J connectivity index is 1.63. The average molecular weight is 470 g/mol. The summed E-state index contributed by atoms with van der Waals surface area (Å²) in [6.07, 6.45) is 10.3. The van der Waals surface area contributed by atoms with Crippen LogP contribution in [-0.2, 0) is 13.0 Å². The van der Waals surface area contributed by atoms with Gasteiger partial charge >= 0.3 is 5.76 Å². The van der Waals surface area contributed by atoms with E-state index in [4.69, 9.17) is 14.5 Å². The molecule has 2 aliphatic carbocycles. The standard InChI is InChI=1S/C24H35N7O3/c1-14(16-10-7-11-16)25-19-18-20(28-21(27-19)22-29-23(32)34-30-22)26-17(12-24(2,3)33)31(18)13-15-8-5-4-6-9-15/h14-16,33H,4-13H2,1-3H3,(H,25,27,28)(H,29,30,32)/t14-/m1/s1. The largest absolute Gasteiger partial charge is 0.439 e. The zero-order valence-corrected chi connectivity index (χ0v) is 20.3. The molecule has 184 valence electrons. The Hall–Kier alpha value is -2.75. The lowest BCUT2D eigenvalue weighted by Crippen LogP contribution is -2.31. The Bertz CT molecular complexity index is 1200. The normalized spacial score (nSPS) is 18.8. The molecule has 0 radical (unpaired) electrons. The number of aromatic nitrogens is 6. The van der Waals surface area contributed by atoms with Crippen molar-refractivity contribution in [2.75, 3.05) is 5.32 Å². The second-order valence-corrected chi connectivity index (χ2v) is 10.8. The summed E-state index contributed by atoms with van der Waals surface area (Å²) in [5.74, 6) is 2.44. The Labute approximate surface area is 198 Å². The molecule has 34 heavy (non-hydrogen) atoms. The van der Waals surface area contributed by atoms with Crippen LogP contribution >= 0.6 is 0 Å². The third kappa shape index (κ3) is 4.87. The molecule has 2 saturated carbocycles. The Morgan fingerprint density at radius 2 is 1.91 bits per heavy atom. The van der Waals surface area contributed by atoms with E-state index in [0.717, 1.165) is 17.9 Å². The number of aliphatic hydroxyl groups is 1. The number of nitrogens with one attached hydrogen (secondary N) is 2. The lowest BCUT2D eigenvalue weighted by molar-refractivity contribution is 0.0776. The first-order chi connectivity index (χ1) is 16.3. The number of hydrogen-bond acceptors (Lipinski definition) is 8. The molecule has 3 N–H and O–H groups in total. The fourth-order valence-electron chi connectivity index (χ4n) is 5.23. The monoisotopic (exact) mass is 469 g/mol. The first-order valence-corrected chi connectivity index (χ1v) is 12.6. The van der Waals surface area contributed by atoms with Crippen molar-refractivity contribution in [1.29, 1.82) is 0 Å². The molecule has 5 rings (SSSR count). The van der Waals surface area contributed by atoms with E-state index >= 15 is 0 Å². The van der Waals surface area contributed by atoms with Gasteiger partial charge in [0, 0.05) is 19.0 Å². The van der Waals surface area contributed by atoms with Gasteiger partial charge in [-0.05, 0) is 58.3 Å². The summed E-state index contributed by atoms with van der Waals surface area (Å²) in [6.45, 7) is 6.62. The minimum absolute atomic E-state index is 0.178. The third-order valence-electron chi connectivity index (χ3n) is 7.31. The number of rotatable bonds is 8. The van der Waals surface area contributed by atoms with Gasteiger partial charge in [-0.1, -0.05) is 30.8 Å². The molecular formula is C24H35N7O3. The molecular weight excluding hydrogens is 434 g/mol. The van der Waals surface area contributed by atoms with Crippen molar-refractivity contribution in [3.63, 3.8) is 0 Å². The molecule has 10 heteroatoms. The molecule has 10 nitrogen and oxygen atoms in total. The number of anilines is 1. The molecule has 0 aromatic carbocycles. The van der Waals surface area contributed by atoms with Crippen LogP contribution in [0.2, 0.25) is 0 Å². The summed E-state index contributed by atoms with van der Waals surface area (Å²) in [5.41, 5.74) is 0.476. The molecule has 0 amide bonds. The highest BCUT2D eigenvalue weighted by Gasteiger charge is 2.29. The minimum Gasteiger partial charge on any atom is -0.390 e. The van der Waals surface area contributed by atoms with Crippen molar-refractivity contribution >= 4 is 17.0 Å². The highest BCUT2D eigenvalue weighted by molar-refractivity contribution is 5.85. The molecule has 2 aliphatic rings. The van der Waals surface area contributed by atoms with Gasteiger partial charge in [0.2, 0.25) is 11.6 Å². The van der Waals surface area contributed by atoms with Crippen LogP contribution in [0.5, 0.6) is 0 Å². The predicted molar refractivity (Wildman–Crippen MR) is 128 cm³/mol. The van der Waals surface area contributed by atoms with Gasteiger partial charge in [-0.25, -0.2) is 19.7 Å². The number of H-pyrrole nitrogens is 1. The maximum absolute atomic E-state index is 11.6. The quantitative estimate of drug-likeness (QED) is 0.455. The fraction of sp³-hybridized carbons (Fsp3) is 0.708. The van der Waals surface area contributed by atoms with Crippen molar-refractivity contribution in [3.05, 3.63) is 16.4 Å². The van der Waals surface area contributed by atoms with Gasteiger partial charge in [-0.3, -0.25) is 9.51 Å². The van der Waals surface area contributed by atoms with Crippen molar-refractivity contribution in [1.82, 2.24) is 29.7 Å². The van der Waals surface area contributed by atoms with Gasteiger partial charge in [0.05, 0.1) is 5.60 Å². The molecule has 0 aliphatic heterocycles. The van der Waals surface area contributed by atoms with Crippen LogP contribution in [0.15, 0.2) is 9.32 Å². The second-order valence-electron chi connectivity index (χ2n) is 10.8. The summed E-state index contributed by atoms with van der Waals surface area (Å²) in [5, 5.41) is 18.0. The van der Waals surface area contributed by atoms with E-state index in [2.05, 4.69) is 31.9 Å². The summed E-state index contributed by atoms with van der Waals surface area (Å²) in [7, 11) is 0. The summed E-state index contributed by atoms with van der Waals surface area (Å²) >= 11 is 0. The van der Waals surface area contributed by atoms with E-state index in [1.54, 1.807) is 13.8 Å². The topological polar surface area (TPSA) is 135 Å². The van der Waals surface area contributed by atoms with Crippen molar-refractivity contribution < 1.29 is 9.63 Å². The summed E-state index contributed by atoms with van der Waals surface area (Å²) in [6, 6.07) is 0.242. The van der Waals surface area contributed by atoms with Crippen LogP contribution in [0, 0.1) is 11.8 Å². The van der Waals surface area contributed by atoms with Crippen molar-refractivity contribution in [3.8, 4) is 11.6 Å². The first kappa shape index (κ1) is 23.0. The van der Waals surface area contributed by atoms with Gasteiger partial charge < -0.3 is 15.0 Å². The molecule has 3 aromatic heterocycles. The first-order valence-electron chi connectivity index (χ1n) is 12.6. The SMILES string of the molecule is C[C@@H](Nc1nc(-c2noc(=O)[nH]2)nc2nc(CC(C)(C)O)n(CC3CCCCC3)c12)C1CCC1. The highest BCUT2D eigenvalue weighted by Crippen LogP contribution is 2.34. The van der Waals surface area contributed by atoms with Crippen LogP contribution < -0.4 is 11.1 Å². The Morgan fingerprint density at radius 3 is 2.53 bits per heavy atom. The summed E-state index contributed by atoms with van der Waals surface area (Å²) < 4.78 is 6.91. The van der Waals surface area contributed by atoms with Crippen LogP contribution in [0.3, 0.4) is 0 Å². The number of imidazole rings is 1. The van der Waals surface area contributed by atoms with Crippen molar-refractivity contribution in [2.24, 2.45) is 11.8 Å². The molecule has 0 spiro atoms. The van der Waals surface area contributed by atoms with E-state index in [1.165, 1.54) is 51.4 Å². The number of hydrogen-bond donors (Lipinski definition) is 3. The molecule has 0 bridgehead atoms. The highest BCUT2D eigenvalue weighted by atomic mass is 16.5. The van der Waals surface area contributed by atoms with E-state index in [-0.39, 0.29) is 17.7 Å². The fourth-order valence-corrected chi connectivity index (χ4v) is 5.23. The van der Waals surface area contributed by atoms with Crippen LogP contribution in [0.1, 0.15) is 78.0 Å². The van der Waals surface area contributed by atoms with Gasteiger partial charge in [0.1, 0.15) is 11.3 Å². The zero-order chi connectivity index (χ0) is 23.9. The van der Waals surface area contributed by atoms with Gasteiger partial charge in [-0.15, -0.1) is 0 Å². The third-order valence-corrected chi connectivity index (χ3v) is 7.31. The smallest absolute Gasteiger partial charge is 0.390 e. The van der Waals surface area contributed by atoms with Gasteiger partial charge in [0.15, 0.2) is 11.5 Å². The summed E-state index contributed by atoms with van der Waals surface area (Å²) in [4.78, 5) is 28.4. The molecule has 1 atom stereocenters. The lowest BCUT2D eigenvalue weighted by atomic mass is 9.80. The van der Waals surface area contributed by atoms with Crippen molar-refractivity contribution in [2.45, 2.75) is 96.7 Å². The molecule has 3 aromatic rings. The number of nitrogens with zero attached hydrogens (tertiary/aromatic N) is 5. The lowest BCUT2D eigenvalue weighted by Gasteiger charge is -2.32. The average Bonchev–Trinajstić information content (AvgIpc) is 3.30. The van der Waals surface area contributed by atoms with Crippen LogP contribution in [-0.4, -0.2) is 46.4 Å². The number of fused-ring (bicyclic) bond motifs is 1. The maximum atomic E-state index is 11.6. The molecule has 0 saturated heterocycles. The minimum atomic E-state index is -0.911. The van der Waals surface area contributed by atoms with Crippen LogP contribution in [0.4, 0.5) is 5.82 Å². The van der Waals surface area contributed by atoms with E-state index in [1.807, 2.05) is 0 Å². The molecule has 0 unspecified atom stereocenters. The Kier molecular flexibility index (Phi) is 6.18. The Morgan fingerprint density at radius 1 is 1.15 bits per heavy atom. The predicted octanol–water partition coefficient (Wildman–Crippen LogP) is 3.66. The van der Waals surface area contributed by atoms with E-state index in [0.29, 0.717) is 29.7 Å². The zero-order valence-electron chi connectivity index (χ0n) is 20.3.